The van der Waals surface area contributed by atoms with Crippen LogP contribution in [0.3, 0.4) is 0 Å². The summed E-state index contributed by atoms with van der Waals surface area (Å²) in [6, 6.07) is 8.43. The zero-order valence-corrected chi connectivity index (χ0v) is 12.2. The molecule has 1 saturated carbocycles. The van der Waals surface area contributed by atoms with Crippen LogP contribution in [0.25, 0.3) is 11.1 Å². The Kier molecular flexibility index (Phi) is 3.77. The van der Waals surface area contributed by atoms with Crippen molar-refractivity contribution in [2.24, 2.45) is 0 Å². The van der Waals surface area contributed by atoms with E-state index in [2.05, 4.69) is 41.4 Å². The molecule has 1 heterocycles. The van der Waals surface area contributed by atoms with Gasteiger partial charge in [-0.2, -0.15) is 5.10 Å². The highest BCUT2D eigenvalue weighted by atomic mass is 15.2. The minimum atomic E-state index is 0.580. The van der Waals surface area contributed by atoms with Crippen molar-refractivity contribution in [2.75, 3.05) is 5.73 Å². The van der Waals surface area contributed by atoms with Crippen molar-refractivity contribution in [3.63, 3.8) is 0 Å². The van der Waals surface area contributed by atoms with Gasteiger partial charge < -0.3 is 5.73 Å². The Hall–Kier alpha value is -1.77. The zero-order chi connectivity index (χ0) is 13.9. The van der Waals surface area contributed by atoms with Crippen molar-refractivity contribution in [3.05, 3.63) is 35.5 Å². The topological polar surface area (TPSA) is 54.7 Å². The number of nitrogens with one attached hydrogen (secondary N) is 1. The van der Waals surface area contributed by atoms with Gasteiger partial charge in [-0.15, -0.1) is 0 Å². The molecule has 1 aliphatic carbocycles. The Bertz CT molecular complexity index is 578. The molecule has 0 unspecified atom stereocenters. The van der Waals surface area contributed by atoms with Crippen LogP contribution in [0.2, 0.25) is 0 Å². The fourth-order valence-electron chi connectivity index (χ4n) is 3.37. The van der Waals surface area contributed by atoms with Crippen molar-refractivity contribution in [1.29, 1.82) is 0 Å². The highest BCUT2D eigenvalue weighted by Gasteiger charge is 2.23. The van der Waals surface area contributed by atoms with Crippen LogP contribution in [0.5, 0.6) is 0 Å². The molecular formula is C17H23N3. The zero-order valence-electron chi connectivity index (χ0n) is 12.2. The molecule has 1 aliphatic rings. The molecule has 1 fully saturated rings. The van der Waals surface area contributed by atoms with Gasteiger partial charge in [0.2, 0.25) is 0 Å². The molecule has 0 atom stereocenters. The van der Waals surface area contributed by atoms with E-state index in [0.29, 0.717) is 11.7 Å². The highest BCUT2D eigenvalue weighted by molar-refractivity contribution is 5.78. The first-order chi connectivity index (χ1) is 9.77. The van der Waals surface area contributed by atoms with E-state index < -0.39 is 0 Å². The summed E-state index contributed by atoms with van der Waals surface area (Å²) in [5.74, 6) is 1.22. The summed E-state index contributed by atoms with van der Waals surface area (Å²) in [5, 5.41) is 7.51. The van der Waals surface area contributed by atoms with Gasteiger partial charge in [-0.3, -0.25) is 5.10 Å². The Labute approximate surface area is 120 Å². The van der Waals surface area contributed by atoms with Gasteiger partial charge in [0.25, 0.3) is 0 Å². The van der Waals surface area contributed by atoms with Crippen molar-refractivity contribution >= 4 is 5.82 Å². The summed E-state index contributed by atoms with van der Waals surface area (Å²) < 4.78 is 0. The lowest BCUT2D eigenvalue weighted by Crippen LogP contribution is -2.01. The first-order valence-electron chi connectivity index (χ1n) is 7.67. The second kappa shape index (κ2) is 5.70. The maximum atomic E-state index is 6.15. The standard InChI is InChI=1S/C17H23N3/c1-12-8-6-7-11-14(12)15-16(19-20-17(15)18)13-9-4-2-3-5-10-13/h6-8,11,13H,2-5,9-10H2,1H3,(H3,18,19,20). The lowest BCUT2D eigenvalue weighted by molar-refractivity contribution is 0.577. The normalized spacial score (nSPS) is 17.1. The molecule has 3 nitrogen and oxygen atoms in total. The van der Waals surface area contributed by atoms with E-state index in [1.54, 1.807) is 0 Å². The fourth-order valence-corrected chi connectivity index (χ4v) is 3.37. The predicted molar refractivity (Wildman–Crippen MR) is 83.6 cm³/mol. The summed E-state index contributed by atoms with van der Waals surface area (Å²) in [6.45, 7) is 2.14. The molecule has 3 rings (SSSR count). The lowest BCUT2D eigenvalue weighted by Gasteiger charge is -2.15. The number of anilines is 1. The maximum absolute atomic E-state index is 6.15. The molecule has 1 aromatic carbocycles. The smallest absolute Gasteiger partial charge is 0.153 e. The second-order valence-electron chi connectivity index (χ2n) is 5.90. The van der Waals surface area contributed by atoms with Crippen LogP contribution < -0.4 is 5.73 Å². The van der Waals surface area contributed by atoms with E-state index >= 15 is 0 Å². The molecule has 0 amide bonds. The number of aromatic nitrogens is 2. The van der Waals surface area contributed by atoms with Gasteiger partial charge in [0, 0.05) is 17.2 Å². The average molecular weight is 269 g/mol. The van der Waals surface area contributed by atoms with Crippen LogP contribution in [-0.4, -0.2) is 10.2 Å². The Morgan fingerprint density at radius 2 is 1.80 bits per heavy atom. The largest absolute Gasteiger partial charge is 0.382 e. The van der Waals surface area contributed by atoms with Gasteiger partial charge >= 0.3 is 0 Å². The molecule has 2 aromatic rings. The molecule has 0 saturated heterocycles. The van der Waals surface area contributed by atoms with E-state index in [1.165, 1.54) is 55.3 Å². The van der Waals surface area contributed by atoms with E-state index in [4.69, 9.17) is 5.73 Å². The molecule has 20 heavy (non-hydrogen) atoms. The van der Waals surface area contributed by atoms with Crippen LogP contribution in [0.15, 0.2) is 24.3 Å². The highest BCUT2D eigenvalue weighted by Crippen LogP contribution is 2.39. The minimum absolute atomic E-state index is 0.580. The first kappa shape index (κ1) is 13.2. The summed E-state index contributed by atoms with van der Waals surface area (Å²) in [7, 11) is 0. The first-order valence-corrected chi connectivity index (χ1v) is 7.67. The lowest BCUT2D eigenvalue weighted by atomic mass is 9.90. The third kappa shape index (κ3) is 2.45. The number of benzene rings is 1. The molecule has 1 aromatic heterocycles. The SMILES string of the molecule is Cc1ccccc1-c1c(N)n[nH]c1C1CCCCCC1. The molecule has 0 aliphatic heterocycles. The number of H-pyrrole nitrogens is 1. The molecule has 106 valence electrons. The number of nitrogen functional groups attached to an aromatic ring is 1. The summed E-state index contributed by atoms with van der Waals surface area (Å²) in [6.07, 6.45) is 7.86. The quantitative estimate of drug-likeness (QED) is 0.794. The molecule has 0 bridgehead atoms. The Morgan fingerprint density at radius 1 is 1.10 bits per heavy atom. The van der Waals surface area contributed by atoms with Crippen molar-refractivity contribution in [2.45, 2.75) is 51.4 Å². The third-order valence-electron chi connectivity index (χ3n) is 4.50. The van der Waals surface area contributed by atoms with E-state index in [-0.39, 0.29) is 0 Å². The summed E-state index contributed by atoms with van der Waals surface area (Å²) in [5.41, 5.74) is 11.0. The number of aromatic amines is 1. The van der Waals surface area contributed by atoms with Gasteiger partial charge in [-0.25, -0.2) is 0 Å². The number of nitrogens with two attached hydrogens (primary N) is 1. The molecule has 3 heteroatoms. The maximum Gasteiger partial charge on any atom is 0.153 e. The van der Waals surface area contributed by atoms with Gasteiger partial charge in [-0.1, -0.05) is 49.9 Å². The summed E-state index contributed by atoms with van der Waals surface area (Å²) in [4.78, 5) is 0. The van der Waals surface area contributed by atoms with Crippen molar-refractivity contribution < 1.29 is 0 Å². The predicted octanol–water partition coefficient (Wildman–Crippen LogP) is 4.41. The minimum Gasteiger partial charge on any atom is -0.382 e. The Balaban J connectivity index is 2.03. The van der Waals surface area contributed by atoms with Crippen LogP contribution >= 0.6 is 0 Å². The summed E-state index contributed by atoms with van der Waals surface area (Å²) >= 11 is 0. The van der Waals surface area contributed by atoms with E-state index in [0.717, 1.165) is 5.56 Å². The number of nitrogens with zero attached hydrogens (tertiary/aromatic N) is 1. The van der Waals surface area contributed by atoms with Gasteiger partial charge in [0.1, 0.15) is 0 Å². The average Bonchev–Trinajstić information content (AvgIpc) is 2.67. The number of aryl methyl sites for hydroxylation is 1. The Morgan fingerprint density at radius 3 is 2.50 bits per heavy atom. The molecule has 0 radical (unpaired) electrons. The monoisotopic (exact) mass is 269 g/mol. The van der Waals surface area contributed by atoms with Crippen LogP contribution in [0.4, 0.5) is 5.82 Å². The van der Waals surface area contributed by atoms with Gasteiger partial charge in [-0.05, 0) is 30.9 Å². The fraction of sp³-hybridized carbons (Fsp3) is 0.471. The van der Waals surface area contributed by atoms with Crippen LogP contribution in [0.1, 0.15) is 55.7 Å². The van der Waals surface area contributed by atoms with Crippen LogP contribution in [-0.2, 0) is 0 Å². The molecule has 3 N–H and O–H groups in total. The third-order valence-corrected chi connectivity index (χ3v) is 4.50. The number of rotatable bonds is 2. The number of hydrogen-bond acceptors (Lipinski definition) is 2. The second-order valence-corrected chi connectivity index (χ2v) is 5.90. The van der Waals surface area contributed by atoms with E-state index in [9.17, 15) is 0 Å². The van der Waals surface area contributed by atoms with Crippen LogP contribution in [0, 0.1) is 6.92 Å². The van der Waals surface area contributed by atoms with Crippen molar-refractivity contribution in [1.82, 2.24) is 10.2 Å². The van der Waals surface area contributed by atoms with Crippen molar-refractivity contribution in [3.8, 4) is 11.1 Å². The molecular weight excluding hydrogens is 246 g/mol. The molecule has 0 spiro atoms. The van der Waals surface area contributed by atoms with Gasteiger partial charge in [0.15, 0.2) is 5.82 Å². The van der Waals surface area contributed by atoms with E-state index in [1.807, 2.05) is 0 Å². The number of hydrogen-bond donors (Lipinski definition) is 2. The van der Waals surface area contributed by atoms with Gasteiger partial charge in [0.05, 0.1) is 0 Å².